The number of amides is 1. The first kappa shape index (κ1) is 24.6. The molecule has 34 heavy (non-hydrogen) atoms. The summed E-state index contributed by atoms with van der Waals surface area (Å²) in [5.41, 5.74) is 0.675. The van der Waals surface area contributed by atoms with E-state index in [1.807, 2.05) is 6.07 Å². The van der Waals surface area contributed by atoms with Gasteiger partial charge in [-0.3, -0.25) is 9.59 Å². The van der Waals surface area contributed by atoms with Gasteiger partial charge in [0.15, 0.2) is 23.0 Å². The molecule has 0 aliphatic carbocycles. The normalized spacial score (nSPS) is 11.6. The van der Waals surface area contributed by atoms with Crippen LogP contribution in [0.2, 0.25) is 0 Å². The van der Waals surface area contributed by atoms with Crippen molar-refractivity contribution in [3.63, 3.8) is 0 Å². The van der Waals surface area contributed by atoms with Gasteiger partial charge in [-0.2, -0.15) is 0 Å². The summed E-state index contributed by atoms with van der Waals surface area (Å²) in [4.78, 5) is 39.3. The molecule has 1 aliphatic heterocycles. The smallest absolute Gasteiger partial charge is 0.261 e. The van der Waals surface area contributed by atoms with Crippen LogP contribution in [0.4, 0.5) is 0 Å². The van der Waals surface area contributed by atoms with E-state index in [0.29, 0.717) is 46.7 Å². The predicted molar refractivity (Wildman–Crippen MR) is 127 cm³/mol. The molecule has 0 saturated carbocycles. The minimum Gasteiger partial charge on any atom is -0.493 e. The molecule has 0 radical (unpaired) electrons. The molecule has 2 aromatic carbocycles. The first-order valence-corrected chi connectivity index (χ1v) is 10.5. The summed E-state index contributed by atoms with van der Waals surface area (Å²) in [6.45, 7) is 2.20. The van der Waals surface area contributed by atoms with E-state index in [1.54, 1.807) is 24.3 Å². The number of nitrogens with one attached hydrogen (secondary N) is 2. The molecule has 0 saturated heterocycles. The summed E-state index contributed by atoms with van der Waals surface area (Å²) in [5.74, 6) is 1.66. The van der Waals surface area contributed by atoms with Gasteiger partial charge in [0.05, 0.1) is 19.2 Å². The number of Topliss-reactive ketones (excluding diaryl/α,β-unsaturated/α-hetero) is 1. The zero-order chi connectivity index (χ0) is 23.4. The molecule has 180 valence electrons. The van der Waals surface area contributed by atoms with Gasteiger partial charge >= 0.3 is 0 Å². The number of ketones is 1. The van der Waals surface area contributed by atoms with Crippen molar-refractivity contribution in [3.8, 4) is 23.0 Å². The Morgan fingerprint density at radius 2 is 1.91 bits per heavy atom. The van der Waals surface area contributed by atoms with Crippen molar-refractivity contribution in [2.45, 2.75) is 33.7 Å². The van der Waals surface area contributed by atoms with Gasteiger partial charge in [-0.15, -0.1) is 0 Å². The second kappa shape index (κ2) is 10.7. The number of hydrogen-bond acceptors (Lipinski definition) is 7. The number of carbonyl (C=O) groups is 2. The molecule has 9 heteroatoms. The van der Waals surface area contributed by atoms with Crippen LogP contribution in [-0.2, 0) is 11.3 Å². The third kappa shape index (κ3) is 5.31. The van der Waals surface area contributed by atoms with Crippen LogP contribution in [0.3, 0.4) is 0 Å². The summed E-state index contributed by atoms with van der Waals surface area (Å²) in [6.07, 6.45) is 0.941. The molecule has 0 spiro atoms. The molecule has 0 unspecified atom stereocenters. The molecule has 0 atom stereocenters. The fourth-order valence-corrected chi connectivity index (χ4v) is 3.53. The molecule has 1 aliphatic rings. The Morgan fingerprint density at radius 1 is 1.12 bits per heavy atom. The third-order valence-electron chi connectivity index (χ3n) is 5.21. The number of methoxy groups -OCH3 is 1. The molecule has 4 rings (SSSR count). The Hall–Kier alpha value is -4.01. The van der Waals surface area contributed by atoms with Crippen LogP contribution in [-0.4, -0.2) is 37.2 Å². The van der Waals surface area contributed by atoms with Crippen molar-refractivity contribution in [3.05, 3.63) is 57.9 Å². The van der Waals surface area contributed by atoms with Gasteiger partial charge in [0.25, 0.3) is 11.5 Å². The Bertz CT molecular complexity index is 1270. The van der Waals surface area contributed by atoms with Gasteiger partial charge in [-0.1, -0.05) is 13.5 Å². The van der Waals surface area contributed by atoms with Crippen molar-refractivity contribution in [2.24, 2.45) is 0 Å². The highest BCUT2D eigenvalue weighted by Crippen LogP contribution is 2.34. The molecule has 9 nitrogen and oxygen atoms in total. The number of carbonyl (C=O) groups excluding carboxylic acids is 2. The van der Waals surface area contributed by atoms with Crippen LogP contribution in [0, 0.1) is 0 Å². The average Bonchev–Trinajstić information content (AvgIpc) is 3.27. The molecule has 0 bridgehead atoms. The maximum Gasteiger partial charge on any atom is 0.261 e. The molecule has 2 heterocycles. The van der Waals surface area contributed by atoms with E-state index in [4.69, 9.17) is 18.9 Å². The maximum absolute atomic E-state index is 12.7. The van der Waals surface area contributed by atoms with Crippen LogP contribution < -0.4 is 29.8 Å². The van der Waals surface area contributed by atoms with E-state index in [-0.39, 0.29) is 38.7 Å². The van der Waals surface area contributed by atoms with Gasteiger partial charge in [0, 0.05) is 18.4 Å². The van der Waals surface area contributed by atoms with Crippen LogP contribution >= 0.6 is 0 Å². The standard InChI is InChI=1S/C24H24N2O7.CH4/c1-14(27)4-3-9-31-22-19(30-2)8-6-16-11-17(24(29)26-21(16)22)23(28)25-12-15-5-7-18-20(10-15)33-13-32-18;/h5-8,10-11H,3-4,9,12-13H2,1-2H3,(H,25,28)(H,26,29);1H4. The highest BCUT2D eigenvalue weighted by molar-refractivity contribution is 5.98. The fourth-order valence-electron chi connectivity index (χ4n) is 3.53. The number of hydrogen-bond donors (Lipinski definition) is 2. The number of benzene rings is 2. The molecule has 1 amide bonds. The number of aromatic nitrogens is 1. The second-order valence-electron chi connectivity index (χ2n) is 7.60. The van der Waals surface area contributed by atoms with Gasteiger partial charge < -0.3 is 34.0 Å². The number of H-pyrrole nitrogens is 1. The zero-order valence-electron chi connectivity index (χ0n) is 18.4. The number of ether oxygens (including phenoxy) is 4. The van der Waals surface area contributed by atoms with E-state index in [1.165, 1.54) is 20.1 Å². The van der Waals surface area contributed by atoms with Crippen molar-refractivity contribution in [1.82, 2.24) is 10.3 Å². The Balaban J connectivity index is 0.00000324. The van der Waals surface area contributed by atoms with Crippen molar-refractivity contribution in [2.75, 3.05) is 20.5 Å². The molecule has 2 N–H and O–H groups in total. The zero-order valence-corrected chi connectivity index (χ0v) is 18.4. The van der Waals surface area contributed by atoms with Crippen LogP contribution in [0.25, 0.3) is 10.9 Å². The quantitative estimate of drug-likeness (QED) is 0.461. The van der Waals surface area contributed by atoms with E-state index in [9.17, 15) is 14.4 Å². The average molecular weight is 469 g/mol. The molecular formula is C25H28N2O7. The fraction of sp³-hybridized carbons (Fsp3) is 0.320. The highest BCUT2D eigenvalue weighted by atomic mass is 16.7. The summed E-state index contributed by atoms with van der Waals surface area (Å²) >= 11 is 0. The molecule has 1 aromatic heterocycles. The van der Waals surface area contributed by atoms with Gasteiger partial charge in [0.1, 0.15) is 11.3 Å². The monoisotopic (exact) mass is 468 g/mol. The number of pyridine rings is 1. The van der Waals surface area contributed by atoms with Gasteiger partial charge in [-0.25, -0.2) is 0 Å². The lowest BCUT2D eigenvalue weighted by Gasteiger charge is -2.14. The molecule has 0 fully saturated rings. The maximum atomic E-state index is 12.7. The van der Waals surface area contributed by atoms with Crippen LogP contribution in [0.15, 0.2) is 41.2 Å². The van der Waals surface area contributed by atoms with E-state index in [0.717, 1.165) is 5.56 Å². The van der Waals surface area contributed by atoms with Crippen molar-refractivity contribution < 1.29 is 28.5 Å². The SMILES string of the molecule is C.COc1ccc2cc(C(=O)NCc3ccc4c(c3)OCO4)c(=O)[nH]c2c1OCCCC(C)=O. The van der Waals surface area contributed by atoms with Crippen molar-refractivity contribution in [1.29, 1.82) is 0 Å². The topological polar surface area (TPSA) is 116 Å². The lowest BCUT2D eigenvalue weighted by Crippen LogP contribution is -2.29. The van der Waals surface area contributed by atoms with Gasteiger partial charge in [-0.05, 0) is 49.2 Å². The lowest BCUT2D eigenvalue weighted by molar-refractivity contribution is -0.117. The van der Waals surface area contributed by atoms with E-state index in [2.05, 4.69) is 10.3 Å². The summed E-state index contributed by atoms with van der Waals surface area (Å²) in [5, 5.41) is 3.37. The largest absolute Gasteiger partial charge is 0.493 e. The molecule has 3 aromatic rings. The summed E-state index contributed by atoms with van der Waals surface area (Å²) in [7, 11) is 1.50. The lowest BCUT2D eigenvalue weighted by atomic mass is 10.1. The first-order valence-electron chi connectivity index (χ1n) is 10.5. The third-order valence-corrected chi connectivity index (χ3v) is 5.21. The first-order chi connectivity index (χ1) is 16.0. The molecular weight excluding hydrogens is 440 g/mol. The van der Waals surface area contributed by atoms with Gasteiger partial charge in [0.2, 0.25) is 6.79 Å². The summed E-state index contributed by atoms with van der Waals surface area (Å²) < 4.78 is 21.8. The van der Waals surface area contributed by atoms with E-state index < -0.39 is 11.5 Å². The summed E-state index contributed by atoms with van der Waals surface area (Å²) in [6, 6.07) is 10.3. The Labute approximate surface area is 197 Å². The Morgan fingerprint density at radius 3 is 2.68 bits per heavy atom. The van der Waals surface area contributed by atoms with E-state index >= 15 is 0 Å². The Kier molecular flexibility index (Phi) is 7.78. The van der Waals surface area contributed by atoms with Crippen molar-refractivity contribution >= 4 is 22.6 Å². The minimum absolute atomic E-state index is 0. The second-order valence-corrected chi connectivity index (χ2v) is 7.60. The van der Waals surface area contributed by atoms with Crippen LogP contribution in [0.1, 0.15) is 43.1 Å². The predicted octanol–water partition coefficient (Wildman–Crippen LogP) is 3.58. The van der Waals surface area contributed by atoms with Crippen LogP contribution in [0.5, 0.6) is 23.0 Å². The highest BCUT2D eigenvalue weighted by Gasteiger charge is 2.18. The number of aromatic amines is 1. The number of fused-ring (bicyclic) bond motifs is 2. The number of rotatable bonds is 9. The minimum atomic E-state index is -0.549.